The Morgan fingerprint density at radius 3 is 2.62 bits per heavy atom. The van der Waals surface area contributed by atoms with Crippen molar-refractivity contribution in [3.63, 3.8) is 0 Å². The minimum Gasteiger partial charge on any atom is -0.348 e. The number of sulfonamides is 1. The highest BCUT2D eigenvalue weighted by atomic mass is 32.2. The average Bonchev–Trinajstić information content (AvgIpc) is 2.88. The van der Waals surface area contributed by atoms with Gasteiger partial charge in [0.25, 0.3) is 5.91 Å². The van der Waals surface area contributed by atoms with Crippen molar-refractivity contribution in [3.05, 3.63) is 29.3 Å². The first-order valence-electron chi connectivity index (χ1n) is 8.56. The van der Waals surface area contributed by atoms with Crippen LogP contribution in [0, 0.1) is 6.92 Å². The first kappa shape index (κ1) is 17.2. The fourth-order valence-electron chi connectivity index (χ4n) is 3.57. The largest absolute Gasteiger partial charge is 0.348 e. The van der Waals surface area contributed by atoms with E-state index in [1.807, 2.05) is 6.92 Å². The third-order valence-electron chi connectivity index (χ3n) is 4.98. The smallest absolute Gasteiger partial charge is 0.251 e. The molecule has 0 aromatic heterocycles. The quantitative estimate of drug-likeness (QED) is 0.864. The van der Waals surface area contributed by atoms with Gasteiger partial charge in [0.2, 0.25) is 10.0 Å². The van der Waals surface area contributed by atoms with Crippen LogP contribution in [0.15, 0.2) is 18.2 Å². The summed E-state index contributed by atoms with van der Waals surface area (Å²) in [5.74, 6) is 0.0547. The Kier molecular flexibility index (Phi) is 4.83. The van der Waals surface area contributed by atoms with Gasteiger partial charge in [0.1, 0.15) is 0 Å². The van der Waals surface area contributed by atoms with Gasteiger partial charge in [-0.25, -0.2) is 8.42 Å². The van der Waals surface area contributed by atoms with Crippen molar-refractivity contribution in [1.82, 2.24) is 5.32 Å². The molecule has 3 N–H and O–H groups in total. The zero-order chi connectivity index (χ0) is 17.3. The Labute approximate surface area is 143 Å². The van der Waals surface area contributed by atoms with Gasteiger partial charge in [0, 0.05) is 24.2 Å². The number of nitrogens with one attached hydrogen (secondary N) is 1. The number of anilines is 1. The molecule has 3 rings (SSSR count). The molecule has 1 saturated carbocycles. The van der Waals surface area contributed by atoms with E-state index < -0.39 is 10.0 Å². The van der Waals surface area contributed by atoms with E-state index in [2.05, 4.69) is 5.32 Å². The fraction of sp³-hybridized carbons (Fsp3) is 0.588. The van der Waals surface area contributed by atoms with Crippen LogP contribution >= 0.6 is 0 Å². The maximum absolute atomic E-state index is 12.5. The molecule has 2 fully saturated rings. The number of amides is 1. The Morgan fingerprint density at radius 2 is 2.00 bits per heavy atom. The minimum absolute atomic E-state index is 0.0111. The van der Waals surface area contributed by atoms with Crippen molar-refractivity contribution in [1.29, 1.82) is 0 Å². The first-order chi connectivity index (χ1) is 11.4. The summed E-state index contributed by atoms with van der Waals surface area (Å²) in [5, 5.41) is 3.04. The topological polar surface area (TPSA) is 92.5 Å². The molecular weight excluding hydrogens is 326 g/mol. The van der Waals surface area contributed by atoms with E-state index in [-0.39, 0.29) is 23.7 Å². The first-order valence-corrected chi connectivity index (χ1v) is 10.2. The number of hydrogen-bond donors (Lipinski definition) is 2. The summed E-state index contributed by atoms with van der Waals surface area (Å²) in [7, 11) is -3.20. The lowest BCUT2D eigenvalue weighted by molar-refractivity contribution is 0.0920. The number of aryl methyl sites for hydroxylation is 1. The van der Waals surface area contributed by atoms with Crippen molar-refractivity contribution in [3.8, 4) is 0 Å². The van der Waals surface area contributed by atoms with Crippen LogP contribution in [-0.4, -0.2) is 38.7 Å². The summed E-state index contributed by atoms with van der Waals surface area (Å²) in [6.45, 7) is 2.34. The number of nitrogens with zero attached hydrogens (tertiary/aromatic N) is 1. The SMILES string of the molecule is Cc1cc(N2CCCS2(=O)=O)ccc1C(=O)N[C@@H]1CCCC[C@H]1N. The molecule has 1 aliphatic heterocycles. The van der Waals surface area contributed by atoms with E-state index in [1.165, 1.54) is 4.31 Å². The molecule has 24 heavy (non-hydrogen) atoms. The number of nitrogens with two attached hydrogens (primary N) is 1. The number of rotatable bonds is 3. The van der Waals surface area contributed by atoms with Crippen LogP contribution in [0.3, 0.4) is 0 Å². The number of carbonyl (C=O) groups is 1. The standard InChI is InChI=1S/C17H25N3O3S/c1-12-11-13(20-9-4-10-24(20,22)23)7-8-14(12)17(21)19-16-6-3-2-5-15(16)18/h7-8,11,15-16H,2-6,9-10,18H2,1H3,(H,19,21)/t15-,16-/m1/s1. The molecule has 6 nitrogen and oxygen atoms in total. The molecule has 1 aromatic carbocycles. The van der Waals surface area contributed by atoms with Crippen molar-refractivity contribution < 1.29 is 13.2 Å². The second-order valence-corrected chi connectivity index (χ2v) is 8.78. The minimum atomic E-state index is -3.20. The van der Waals surface area contributed by atoms with E-state index in [4.69, 9.17) is 5.73 Å². The number of carbonyl (C=O) groups excluding carboxylic acids is 1. The van der Waals surface area contributed by atoms with Crippen molar-refractivity contribution in [2.45, 2.75) is 51.1 Å². The molecule has 1 amide bonds. The summed E-state index contributed by atoms with van der Waals surface area (Å²) < 4.78 is 25.5. The molecule has 2 atom stereocenters. The van der Waals surface area contributed by atoms with Crippen molar-refractivity contribution in [2.24, 2.45) is 5.73 Å². The normalized spacial score (nSPS) is 26.3. The maximum Gasteiger partial charge on any atom is 0.251 e. The van der Waals surface area contributed by atoms with Crippen LogP contribution in [0.5, 0.6) is 0 Å². The van der Waals surface area contributed by atoms with E-state index in [1.54, 1.807) is 18.2 Å². The molecule has 0 radical (unpaired) electrons. The molecule has 1 heterocycles. The Bertz CT molecular complexity index is 733. The third kappa shape index (κ3) is 3.42. The molecule has 0 unspecified atom stereocenters. The van der Waals surface area contributed by atoms with Gasteiger partial charge in [0.15, 0.2) is 0 Å². The average molecular weight is 351 g/mol. The van der Waals surface area contributed by atoms with Gasteiger partial charge in [-0.1, -0.05) is 12.8 Å². The summed E-state index contributed by atoms with van der Waals surface area (Å²) in [6, 6.07) is 5.23. The van der Waals surface area contributed by atoms with Gasteiger partial charge in [-0.15, -0.1) is 0 Å². The Balaban J connectivity index is 1.76. The molecule has 1 aliphatic carbocycles. The Hall–Kier alpha value is -1.60. The van der Waals surface area contributed by atoms with Gasteiger partial charge in [-0.05, 0) is 49.9 Å². The highest BCUT2D eigenvalue weighted by Gasteiger charge is 2.29. The summed E-state index contributed by atoms with van der Waals surface area (Å²) in [5.41, 5.74) is 8.08. The van der Waals surface area contributed by atoms with Gasteiger partial charge in [-0.3, -0.25) is 9.10 Å². The van der Waals surface area contributed by atoms with Crippen LogP contribution < -0.4 is 15.4 Å². The zero-order valence-electron chi connectivity index (χ0n) is 14.0. The van der Waals surface area contributed by atoms with Gasteiger partial charge in [0.05, 0.1) is 11.4 Å². The van der Waals surface area contributed by atoms with Gasteiger partial charge < -0.3 is 11.1 Å². The Morgan fingerprint density at radius 1 is 1.25 bits per heavy atom. The number of hydrogen-bond acceptors (Lipinski definition) is 4. The predicted octanol–water partition coefficient (Wildman–Crippen LogP) is 1.53. The molecule has 1 saturated heterocycles. The van der Waals surface area contributed by atoms with E-state index in [9.17, 15) is 13.2 Å². The van der Waals surface area contributed by atoms with E-state index in [0.29, 0.717) is 24.2 Å². The fourth-order valence-corrected chi connectivity index (χ4v) is 5.13. The summed E-state index contributed by atoms with van der Waals surface area (Å²) in [6.07, 6.45) is 4.70. The van der Waals surface area contributed by atoms with Crippen LogP contribution in [0.2, 0.25) is 0 Å². The molecule has 7 heteroatoms. The lowest BCUT2D eigenvalue weighted by atomic mass is 9.90. The second-order valence-electron chi connectivity index (χ2n) is 6.77. The highest BCUT2D eigenvalue weighted by Crippen LogP contribution is 2.26. The van der Waals surface area contributed by atoms with Gasteiger partial charge >= 0.3 is 0 Å². The van der Waals surface area contributed by atoms with E-state index >= 15 is 0 Å². The molecule has 2 aliphatic rings. The molecule has 0 spiro atoms. The zero-order valence-corrected chi connectivity index (χ0v) is 14.8. The van der Waals surface area contributed by atoms with Crippen LogP contribution in [-0.2, 0) is 10.0 Å². The highest BCUT2D eigenvalue weighted by molar-refractivity contribution is 7.93. The van der Waals surface area contributed by atoms with E-state index in [0.717, 1.165) is 31.2 Å². The van der Waals surface area contributed by atoms with Crippen LogP contribution in [0.1, 0.15) is 48.0 Å². The monoisotopic (exact) mass is 351 g/mol. The molecular formula is C17H25N3O3S. The predicted molar refractivity (Wildman–Crippen MR) is 94.6 cm³/mol. The maximum atomic E-state index is 12.5. The van der Waals surface area contributed by atoms with Crippen LogP contribution in [0.25, 0.3) is 0 Å². The molecule has 0 bridgehead atoms. The molecule has 1 aromatic rings. The lowest BCUT2D eigenvalue weighted by Gasteiger charge is -2.29. The summed E-state index contributed by atoms with van der Waals surface area (Å²) in [4.78, 5) is 12.5. The lowest BCUT2D eigenvalue weighted by Crippen LogP contribution is -2.49. The number of benzene rings is 1. The third-order valence-corrected chi connectivity index (χ3v) is 6.85. The van der Waals surface area contributed by atoms with Crippen molar-refractivity contribution >= 4 is 21.6 Å². The second kappa shape index (κ2) is 6.72. The van der Waals surface area contributed by atoms with Crippen LogP contribution in [0.4, 0.5) is 5.69 Å². The van der Waals surface area contributed by atoms with Crippen molar-refractivity contribution in [2.75, 3.05) is 16.6 Å². The van der Waals surface area contributed by atoms with Gasteiger partial charge in [-0.2, -0.15) is 0 Å². The summed E-state index contributed by atoms with van der Waals surface area (Å²) >= 11 is 0. The molecule has 132 valence electrons.